The Bertz CT molecular complexity index is 563. The average Bonchev–Trinajstić information content (AvgIpc) is 2.33. The van der Waals surface area contributed by atoms with Crippen LogP contribution < -0.4 is 0 Å². The molecular weight excluding hydrogens is 432 g/mol. The first-order chi connectivity index (χ1) is 10.9. The molecule has 1 heterocycles. The minimum atomic E-state index is -8.07. The summed E-state index contributed by atoms with van der Waals surface area (Å²) in [5.74, 6) is -31.8. The van der Waals surface area contributed by atoms with Crippen LogP contribution in [0.15, 0.2) is 0 Å². The summed E-state index contributed by atoms with van der Waals surface area (Å²) < 4.78 is 208. The van der Waals surface area contributed by atoms with Crippen LogP contribution >= 0.6 is 0 Å². The highest BCUT2D eigenvalue weighted by atomic mass is 19.4. The molecule has 0 bridgehead atoms. The smallest absolute Gasteiger partial charge is 0.262 e. The SMILES string of the molecule is FC(F)(F)C1(F)OC(F)(F)C(F)(F)C(F)(F)C(F)(F)C(F)(F)OC1(F)F. The third kappa shape index (κ3) is 2.58. The lowest BCUT2D eigenvalue weighted by Crippen LogP contribution is -2.68. The molecule has 0 N–H and O–H groups in total. The topological polar surface area (TPSA) is 18.5 Å². The molecule has 156 valence electrons. The van der Waals surface area contributed by atoms with Crippen molar-refractivity contribution in [2.24, 2.45) is 0 Å². The molecule has 0 radical (unpaired) electrons. The lowest BCUT2D eigenvalue weighted by molar-refractivity contribution is -0.538. The maximum atomic E-state index is 13.3. The summed E-state index contributed by atoms with van der Waals surface area (Å²) in [5.41, 5.74) is 0. The summed E-state index contributed by atoms with van der Waals surface area (Å²) >= 11 is 0. The van der Waals surface area contributed by atoms with Gasteiger partial charge in [0.15, 0.2) is 0 Å². The maximum absolute atomic E-state index is 13.3. The molecule has 1 atom stereocenters. The van der Waals surface area contributed by atoms with E-state index in [0.29, 0.717) is 0 Å². The second kappa shape index (κ2) is 5.20. The molecule has 26 heavy (non-hydrogen) atoms. The van der Waals surface area contributed by atoms with Gasteiger partial charge < -0.3 is 0 Å². The van der Waals surface area contributed by atoms with E-state index in [4.69, 9.17) is 0 Å². The fraction of sp³-hybridized carbons (Fsp3) is 1.00. The van der Waals surface area contributed by atoms with Crippen LogP contribution in [0.2, 0.25) is 0 Å². The highest BCUT2D eigenvalue weighted by Gasteiger charge is 2.93. The summed E-state index contributed by atoms with van der Waals surface area (Å²) in [6, 6.07) is 0. The molecule has 18 heteroatoms. The van der Waals surface area contributed by atoms with Gasteiger partial charge in [-0.05, 0) is 0 Å². The highest BCUT2D eigenvalue weighted by molar-refractivity contribution is 5.07. The number of halogens is 16. The third-order valence-electron chi connectivity index (χ3n) is 2.78. The van der Waals surface area contributed by atoms with Crippen molar-refractivity contribution in [2.45, 2.75) is 48.1 Å². The Morgan fingerprint density at radius 3 is 1.04 bits per heavy atom. The Labute approximate surface area is 129 Å². The van der Waals surface area contributed by atoms with Gasteiger partial charge in [-0.15, -0.1) is 0 Å². The molecule has 2 nitrogen and oxygen atoms in total. The summed E-state index contributed by atoms with van der Waals surface area (Å²) in [5, 5.41) is 0. The van der Waals surface area contributed by atoms with Crippen LogP contribution in [0.3, 0.4) is 0 Å². The largest absolute Gasteiger partial charge is 0.458 e. The lowest BCUT2D eigenvalue weighted by atomic mass is 10.0. The Morgan fingerprint density at radius 1 is 0.423 bits per heavy atom. The van der Waals surface area contributed by atoms with Crippen molar-refractivity contribution in [1.29, 1.82) is 0 Å². The van der Waals surface area contributed by atoms with E-state index in [9.17, 15) is 70.2 Å². The summed E-state index contributed by atoms with van der Waals surface area (Å²) in [6.07, 6.45) is -30.8. The van der Waals surface area contributed by atoms with Crippen molar-refractivity contribution in [3.63, 3.8) is 0 Å². The van der Waals surface area contributed by atoms with Gasteiger partial charge >= 0.3 is 48.1 Å². The molecule has 0 aromatic carbocycles. The second-order valence-electron chi connectivity index (χ2n) is 4.57. The Kier molecular flexibility index (Phi) is 4.56. The van der Waals surface area contributed by atoms with Gasteiger partial charge in [-0.3, -0.25) is 4.74 Å². The van der Waals surface area contributed by atoms with Crippen LogP contribution in [0.5, 0.6) is 0 Å². The first-order valence-electron chi connectivity index (χ1n) is 5.34. The lowest BCUT2D eigenvalue weighted by Gasteiger charge is -2.37. The zero-order valence-corrected chi connectivity index (χ0v) is 10.9. The van der Waals surface area contributed by atoms with Crippen molar-refractivity contribution in [1.82, 2.24) is 0 Å². The normalized spacial score (nSPS) is 35.1. The minimum absolute atomic E-state index is 1.34. The maximum Gasteiger partial charge on any atom is 0.458 e. The number of rotatable bonds is 0. The van der Waals surface area contributed by atoms with Crippen molar-refractivity contribution >= 4 is 0 Å². The Hall–Kier alpha value is -1.20. The first kappa shape index (κ1) is 22.8. The zero-order chi connectivity index (χ0) is 21.4. The van der Waals surface area contributed by atoms with Gasteiger partial charge in [0.25, 0.3) is 0 Å². The second-order valence-corrected chi connectivity index (χ2v) is 4.57. The summed E-state index contributed by atoms with van der Waals surface area (Å²) in [7, 11) is 0. The van der Waals surface area contributed by atoms with Crippen LogP contribution in [0.1, 0.15) is 0 Å². The highest BCUT2D eigenvalue weighted by Crippen LogP contribution is 2.63. The van der Waals surface area contributed by atoms with E-state index < -0.39 is 48.1 Å². The average molecular weight is 432 g/mol. The van der Waals surface area contributed by atoms with Gasteiger partial charge in [0.05, 0.1) is 0 Å². The molecule has 1 saturated heterocycles. The van der Waals surface area contributed by atoms with Gasteiger partial charge in [0.2, 0.25) is 0 Å². The van der Waals surface area contributed by atoms with Crippen molar-refractivity contribution in [3.8, 4) is 0 Å². The monoisotopic (exact) mass is 432 g/mol. The van der Waals surface area contributed by atoms with Crippen LogP contribution in [0, 0.1) is 0 Å². The molecule has 1 aliphatic heterocycles. The molecule has 0 amide bonds. The predicted molar refractivity (Wildman–Crippen MR) is 41.7 cm³/mol. The minimum Gasteiger partial charge on any atom is -0.262 e. The van der Waals surface area contributed by atoms with Crippen LogP contribution in [-0.2, 0) is 9.47 Å². The van der Waals surface area contributed by atoms with Crippen LogP contribution in [0.4, 0.5) is 70.2 Å². The van der Waals surface area contributed by atoms with Crippen LogP contribution in [-0.4, -0.2) is 48.1 Å². The molecule has 0 aromatic heterocycles. The molecule has 1 rings (SSSR count). The Balaban J connectivity index is 3.94. The van der Waals surface area contributed by atoms with E-state index in [0.717, 1.165) is 0 Å². The van der Waals surface area contributed by atoms with E-state index in [1.165, 1.54) is 9.47 Å². The molecular formula is C8F16O2. The molecule has 0 aliphatic carbocycles. The van der Waals surface area contributed by atoms with Gasteiger partial charge in [-0.25, -0.2) is 4.74 Å². The molecule has 1 unspecified atom stereocenters. The van der Waals surface area contributed by atoms with Crippen molar-refractivity contribution < 1.29 is 79.7 Å². The first-order valence-corrected chi connectivity index (χ1v) is 5.34. The molecule has 0 saturated carbocycles. The third-order valence-corrected chi connectivity index (χ3v) is 2.78. The molecule has 1 fully saturated rings. The van der Waals surface area contributed by atoms with Gasteiger partial charge in [0.1, 0.15) is 0 Å². The number of alkyl halides is 16. The van der Waals surface area contributed by atoms with Crippen LogP contribution in [0.25, 0.3) is 0 Å². The Morgan fingerprint density at radius 2 is 0.731 bits per heavy atom. The molecule has 1 aliphatic rings. The zero-order valence-electron chi connectivity index (χ0n) is 10.9. The number of ether oxygens (including phenoxy) is 2. The van der Waals surface area contributed by atoms with Gasteiger partial charge in [0, 0.05) is 0 Å². The van der Waals surface area contributed by atoms with Crippen molar-refractivity contribution in [3.05, 3.63) is 0 Å². The quantitative estimate of drug-likeness (QED) is 0.505. The van der Waals surface area contributed by atoms with E-state index in [-0.39, 0.29) is 0 Å². The summed E-state index contributed by atoms with van der Waals surface area (Å²) in [4.78, 5) is 0. The fourth-order valence-electron chi connectivity index (χ4n) is 1.38. The fourth-order valence-corrected chi connectivity index (χ4v) is 1.38. The standard InChI is InChI=1S/C8F16O2/c9-1(10)2(11,12)6(19,20)25-4(15,5(16,17)18)8(23,24)26-7(21,22)3(1,13)14. The van der Waals surface area contributed by atoms with Crippen molar-refractivity contribution in [2.75, 3.05) is 0 Å². The summed E-state index contributed by atoms with van der Waals surface area (Å²) in [6.45, 7) is 0. The van der Waals surface area contributed by atoms with Gasteiger partial charge in [-0.2, -0.15) is 70.2 Å². The van der Waals surface area contributed by atoms with E-state index in [2.05, 4.69) is 0 Å². The van der Waals surface area contributed by atoms with E-state index in [1.54, 1.807) is 0 Å². The van der Waals surface area contributed by atoms with Gasteiger partial charge in [-0.1, -0.05) is 0 Å². The molecule has 0 spiro atoms. The number of hydrogen-bond donors (Lipinski definition) is 0. The predicted octanol–water partition coefficient (Wildman–Crippen LogP) is 4.95. The van der Waals surface area contributed by atoms with E-state index in [1.807, 2.05) is 0 Å². The number of hydrogen-bond acceptors (Lipinski definition) is 2. The van der Waals surface area contributed by atoms with E-state index >= 15 is 0 Å². The molecule has 0 aromatic rings.